The van der Waals surface area contributed by atoms with Crippen LogP contribution in [0, 0.1) is 12.3 Å². The predicted octanol–water partition coefficient (Wildman–Crippen LogP) is 2.50. The minimum absolute atomic E-state index is 0.132. The van der Waals surface area contributed by atoms with Crippen molar-refractivity contribution in [2.45, 2.75) is 40.0 Å². The van der Waals surface area contributed by atoms with Crippen LogP contribution in [0.15, 0.2) is 17.3 Å². The fourth-order valence-corrected chi connectivity index (χ4v) is 2.65. The molecular formula is C15H24N4O. The van der Waals surface area contributed by atoms with Gasteiger partial charge in [0.2, 0.25) is 0 Å². The summed E-state index contributed by atoms with van der Waals surface area (Å²) < 4.78 is 0. The lowest BCUT2D eigenvalue weighted by molar-refractivity contribution is 0.238. The third kappa shape index (κ3) is 3.03. The molecule has 0 radical (unpaired) electrons. The highest BCUT2D eigenvalue weighted by Gasteiger charge is 2.28. The minimum atomic E-state index is 0.132. The molecule has 0 spiro atoms. The van der Waals surface area contributed by atoms with Crippen molar-refractivity contribution in [2.75, 3.05) is 18.0 Å². The molecule has 5 nitrogen and oxygen atoms in total. The summed E-state index contributed by atoms with van der Waals surface area (Å²) in [5.41, 5.74) is 7.74. The molecule has 20 heavy (non-hydrogen) atoms. The summed E-state index contributed by atoms with van der Waals surface area (Å²) >= 11 is 0. The molecule has 0 saturated carbocycles. The maximum absolute atomic E-state index is 8.81. The molecule has 1 aromatic heterocycles. The maximum Gasteiger partial charge on any atom is 0.170 e. The average Bonchev–Trinajstić information content (AvgIpc) is 2.46. The van der Waals surface area contributed by atoms with Gasteiger partial charge in [0.1, 0.15) is 5.82 Å². The Hall–Kier alpha value is -1.78. The first kappa shape index (κ1) is 14.6. The Morgan fingerprint density at radius 1 is 1.45 bits per heavy atom. The fourth-order valence-electron chi connectivity index (χ4n) is 2.65. The van der Waals surface area contributed by atoms with Gasteiger partial charge in [-0.05, 0) is 37.3 Å². The Morgan fingerprint density at radius 3 is 2.65 bits per heavy atom. The van der Waals surface area contributed by atoms with Crippen LogP contribution in [-0.4, -0.2) is 29.1 Å². The average molecular weight is 276 g/mol. The Morgan fingerprint density at radius 2 is 2.10 bits per heavy atom. The normalized spacial score (nSPS) is 19.1. The largest absolute Gasteiger partial charge is 0.409 e. The van der Waals surface area contributed by atoms with Crippen LogP contribution in [0.25, 0.3) is 0 Å². The summed E-state index contributed by atoms with van der Waals surface area (Å²) in [4.78, 5) is 6.87. The number of piperidine rings is 1. The molecule has 0 amide bonds. The van der Waals surface area contributed by atoms with Crippen molar-refractivity contribution in [3.63, 3.8) is 0 Å². The molecule has 1 aliphatic rings. The van der Waals surface area contributed by atoms with Crippen molar-refractivity contribution < 1.29 is 5.21 Å². The van der Waals surface area contributed by atoms with Gasteiger partial charge < -0.3 is 15.8 Å². The summed E-state index contributed by atoms with van der Waals surface area (Å²) in [6.07, 6.45) is 3.58. The molecule has 110 valence electrons. The van der Waals surface area contributed by atoms with Crippen LogP contribution in [-0.2, 0) is 0 Å². The third-order valence-electron chi connectivity index (χ3n) is 4.49. The number of hydrogen-bond donors (Lipinski definition) is 2. The highest BCUT2D eigenvalue weighted by atomic mass is 16.4. The third-order valence-corrected chi connectivity index (χ3v) is 4.49. The lowest BCUT2D eigenvalue weighted by Crippen LogP contribution is -2.39. The second kappa shape index (κ2) is 5.69. The molecule has 1 fully saturated rings. The zero-order valence-electron chi connectivity index (χ0n) is 12.6. The Labute approximate surface area is 120 Å². The number of aromatic nitrogens is 1. The molecular weight excluding hydrogens is 252 g/mol. The predicted molar refractivity (Wildman–Crippen MR) is 81.3 cm³/mol. The van der Waals surface area contributed by atoms with E-state index in [9.17, 15) is 0 Å². The molecule has 5 heteroatoms. The first-order chi connectivity index (χ1) is 9.47. The number of amidine groups is 1. The lowest BCUT2D eigenvalue weighted by atomic mass is 9.78. The van der Waals surface area contributed by atoms with E-state index >= 15 is 0 Å². The van der Waals surface area contributed by atoms with Gasteiger partial charge in [0.25, 0.3) is 0 Å². The zero-order valence-corrected chi connectivity index (χ0v) is 12.6. The van der Waals surface area contributed by atoms with E-state index in [-0.39, 0.29) is 5.84 Å². The second-order valence-corrected chi connectivity index (χ2v) is 5.99. The van der Waals surface area contributed by atoms with E-state index in [1.807, 2.05) is 19.1 Å². The SMILES string of the molecule is CCC1(C)CCN(c2cc(/C(N)=N/O)cc(C)n2)CC1. The van der Waals surface area contributed by atoms with Gasteiger partial charge in [-0.25, -0.2) is 4.98 Å². The summed E-state index contributed by atoms with van der Waals surface area (Å²) in [6.45, 7) is 8.57. The minimum Gasteiger partial charge on any atom is -0.409 e. The van der Waals surface area contributed by atoms with Crippen LogP contribution < -0.4 is 10.6 Å². The fraction of sp³-hybridized carbons (Fsp3) is 0.600. The van der Waals surface area contributed by atoms with E-state index in [0.717, 1.165) is 30.2 Å². The summed E-state index contributed by atoms with van der Waals surface area (Å²) in [5.74, 6) is 1.05. The number of nitrogens with zero attached hydrogens (tertiary/aromatic N) is 3. The molecule has 0 bridgehead atoms. The summed E-state index contributed by atoms with van der Waals surface area (Å²) in [6, 6.07) is 3.73. The van der Waals surface area contributed by atoms with Crippen LogP contribution in [0.1, 0.15) is 44.4 Å². The molecule has 0 aliphatic carbocycles. The molecule has 0 atom stereocenters. The van der Waals surface area contributed by atoms with E-state index in [2.05, 4.69) is 28.9 Å². The van der Waals surface area contributed by atoms with Gasteiger partial charge >= 0.3 is 0 Å². The molecule has 3 N–H and O–H groups in total. The van der Waals surface area contributed by atoms with Gasteiger partial charge in [-0.2, -0.15) is 0 Å². The first-order valence-corrected chi connectivity index (χ1v) is 7.19. The van der Waals surface area contributed by atoms with Crippen molar-refractivity contribution in [2.24, 2.45) is 16.3 Å². The van der Waals surface area contributed by atoms with E-state index < -0.39 is 0 Å². The van der Waals surface area contributed by atoms with E-state index in [0.29, 0.717) is 5.41 Å². The molecule has 2 rings (SSSR count). The zero-order chi connectivity index (χ0) is 14.8. The number of anilines is 1. The van der Waals surface area contributed by atoms with Crippen LogP contribution in [0.2, 0.25) is 0 Å². The van der Waals surface area contributed by atoms with Crippen molar-refractivity contribution in [3.05, 3.63) is 23.4 Å². The molecule has 1 saturated heterocycles. The molecule has 1 aromatic rings. The number of pyridine rings is 1. The van der Waals surface area contributed by atoms with Crippen molar-refractivity contribution in [1.82, 2.24) is 4.98 Å². The second-order valence-electron chi connectivity index (χ2n) is 5.99. The van der Waals surface area contributed by atoms with Crippen molar-refractivity contribution in [1.29, 1.82) is 0 Å². The standard InChI is InChI=1S/C15H24N4O/c1-4-15(3)5-7-19(8-6-15)13-10-12(14(16)18-20)9-11(2)17-13/h9-10,20H,4-8H2,1-3H3,(H2,16,18). The monoisotopic (exact) mass is 276 g/mol. The molecule has 2 heterocycles. The van der Waals surface area contributed by atoms with Gasteiger partial charge in [0, 0.05) is 24.3 Å². The van der Waals surface area contributed by atoms with Crippen molar-refractivity contribution >= 4 is 11.7 Å². The van der Waals surface area contributed by atoms with Crippen LogP contribution >= 0.6 is 0 Å². The Balaban J connectivity index is 2.20. The van der Waals surface area contributed by atoms with E-state index in [1.165, 1.54) is 19.3 Å². The van der Waals surface area contributed by atoms with Gasteiger partial charge in [-0.15, -0.1) is 0 Å². The highest BCUT2D eigenvalue weighted by molar-refractivity contribution is 5.97. The van der Waals surface area contributed by atoms with Crippen LogP contribution in [0.4, 0.5) is 5.82 Å². The Bertz CT molecular complexity index is 505. The summed E-state index contributed by atoms with van der Waals surface area (Å²) in [5, 5.41) is 11.9. The first-order valence-electron chi connectivity index (χ1n) is 7.19. The number of hydrogen-bond acceptors (Lipinski definition) is 4. The van der Waals surface area contributed by atoms with E-state index in [4.69, 9.17) is 10.9 Å². The van der Waals surface area contributed by atoms with Gasteiger partial charge in [0.15, 0.2) is 5.84 Å². The van der Waals surface area contributed by atoms with Crippen LogP contribution in [0.5, 0.6) is 0 Å². The van der Waals surface area contributed by atoms with Gasteiger partial charge in [-0.1, -0.05) is 25.4 Å². The Kier molecular flexibility index (Phi) is 4.16. The lowest BCUT2D eigenvalue weighted by Gasteiger charge is -2.39. The molecule has 0 aromatic carbocycles. The smallest absolute Gasteiger partial charge is 0.170 e. The quantitative estimate of drug-likeness (QED) is 0.385. The highest BCUT2D eigenvalue weighted by Crippen LogP contribution is 2.35. The van der Waals surface area contributed by atoms with Crippen LogP contribution in [0.3, 0.4) is 0 Å². The number of oxime groups is 1. The summed E-state index contributed by atoms with van der Waals surface area (Å²) in [7, 11) is 0. The molecule has 0 unspecified atom stereocenters. The maximum atomic E-state index is 8.81. The van der Waals surface area contributed by atoms with Crippen molar-refractivity contribution in [3.8, 4) is 0 Å². The number of nitrogens with two attached hydrogens (primary N) is 1. The van der Waals surface area contributed by atoms with E-state index in [1.54, 1.807) is 0 Å². The van der Waals surface area contributed by atoms with Gasteiger partial charge in [-0.3, -0.25) is 0 Å². The topological polar surface area (TPSA) is 74.7 Å². The number of rotatable bonds is 3. The molecule has 1 aliphatic heterocycles. The van der Waals surface area contributed by atoms with Gasteiger partial charge in [0.05, 0.1) is 0 Å². The number of aryl methyl sites for hydroxylation is 1.